The average Bonchev–Trinajstić information content (AvgIpc) is 2.38. The number of ether oxygens (including phenoxy) is 1. The maximum Gasteiger partial charge on any atom is 0.339 e. The summed E-state index contributed by atoms with van der Waals surface area (Å²) in [5.41, 5.74) is 1.27. The van der Waals surface area contributed by atoms with E-state index in [-0.39, 0.29) is 23.7 Å². The van der Waals surface area contributed by atoms with Crippen LogP contribution in [0.15, 0.2) is 35.9 Å². The lowest BCUT2D eigenvalue weighted by molar-refractivity contribution is -0.135. The molecule has 0 heterocycles. The van der Waals surface area contributed by atoms with Gasteiger partial charge >= 0.3 is 11.9 Å². The third kappa shape index (κ3) is 6.25. The highest BCUT2D eigenvalue weighted by atomic mass is 16.5. The van der Waals surface area contributed by atoms with E-state index in [9.17, 15) is 9.59 Å². The molecule has 0 aliphatic carbocycles. The van der Waals surface area contributed by atoms with Crippen LogP contribution in [0, 0.1) is 5.92 Å². The third-order valence-electron chi connectivity index (χ3n) is 3.07. The lowest BCUT2D eigenvalue weighted by Gasteiger charge is -2.11. The van der Waals surface area contributed by atoms with Crippen molar-refractivity contribution in [2.24, 2.45) is 5.92 Å². The summed E-state index contributed by atoms with van der Waals surface area (Å²) in [4.78, 5) is 22.9. The van der Waals surface area contributed by atoms with Gasteiger partial charge < -0.3 is 9.84 Å². The van der Waals surface area contributed by atoms with Crippen LogP contribution in [0.5, 0.6) is 5.75 Å². The number of hydrogen-bond acceptors (Lipinski definition) is 3. The molecule has 0 unspecified atom stereocenters. The number of hydrogen-bond donors (Lipinski definition) is 1. The second-order valence-electron chi connectivity index (χ2n) is 5.44. The van der Waals surface area contributed by atoms with Gasteiger partial charge in [0.05, 0.1) is 0 Å². The number of carbonyl (C=O) groups is 2. The van der Waals surface area contributed by atoms with E-state index in [2.05, 4.69) is 6.08 Å². The Labute approximate surface area is 125 Å². The summed E-state index contributed by atoms with van der Waals surface area (Å²) in [7, 11) is 0. The zero-order chi connectivity index (χ0) is 15.8. The zero-order valence-electron chi connectivity index (χ0n) is 12.8. The smallest absolute Gasteiger partial charge is 0.339 e. The monoisotopic (exact) mass is 290 g/mol. The van der Waals surface area contributed by atoms with Gasteiger partial charge in [-0.15, -0.1) is 0 Å². The van der Waals surface area contributed by atoms with Gasteiger partial charge in [-0.1, -0.05) is 30.7 Å². The number of carbonyl (C=O) groups excluding carboxylic acids is 1. The Kier molecular flexibility index (Phi) is 6.66. The molecule has 0 saturated heterocycles. The highest BCUT2D eigenvalue weighted by Crippen LogP contribution is 2.20. The molecule has 1 rings (SSSR count). The van der Waals surface area contributed by atoms with Crippen LogP contribution in [0.4, 0.5) is 0 Å². The molecular weight excluding hydrogens is 268 g/mol. The van der Waals surface area contributed by atoms with Crippen LogP contribution in [0.2, 0.25) is 0 Å². The van der Waals surface area contributed by atoms with Crippen molar-refractivity contribution < 1.29 is 19.4 Å². The third-order valence-corrected chi connectivity index (χ3v) is 3.07. The molecule has 1 atom stereocenters. The number of aromatic carboxylic acids is 1. The van der Waals surface area contributed by atoms with Gasteiger partial charge in [0.25, 0.3) is 0 Å². The first-order valence-corrected chi connectivity index (χ1v) is 7.06. The lowest BCUT2D eigenvalue weighted by Crippen LogP contribution is -2.14. The summed E-state index contributed by atoms with van der Waals surface area (Å²) in [6, 6.07) is 6.16. The van der Waals surface area contributed by atoms with E-state index in [4.69, 9.17) is 9.84 Å². The molecule has 0 aromatic heterocycles. The number of esters is 1. The van der Waals surface area contributed by atoms with Gasteiger partial charge in [0, 0.05) is 6.42 Å². The summed E-state index contributed by atoms with van der Waals surface area (Å²) >= 11 is 0. The molecule has 0 radical (unpaired) electrons. The molecule has 0 spiro atoms. The number of benzene rings is 1. The fourth-order valence-corrected chi connectivity index (χ4v) is 1.94. The standard InChI is InChI=1S/C17H22O4/c1-12(2)7-6-8-13(3)11-16(18)21-15-10-5-4-9-14(15)17(19)20/h4-5,7,9-10,13H,6,8,11H2,1-3H3,(H,19,20)/t13-/m0/s1. The second kappa shape index (κ2) is 8.25. The molecule has 0 aliphatic rings. The summed E-state index contributed by atoms with van der Waals surface area (Å²) in [5.74, 6) is -1.19. The molecule has 0 bridgehead atoms. The Bertz CT molecular complexity index is 527. The maximum absolute atomic E-state index is 11.9. The molecule has 1 N–H and O–H groups in total. The van der Waals surface area contributed by atoms with Crippen molar-refractivity contribution in [1.82, 2.24) is 0 Å². The first-order valence-electron chi connectivity index (χ1n) is 7.06. The fourth-order valence-electron chi connectivity index (χ4n) is 1.94. The number of rotatable bonds is 7. The van der Waals surface area contributed by atoms with E-state index in [1.807, 2.05) is 20.8 Å². The maximum atomic E-state index is 11.9. The molecule has 0 aliphatic heterocycles. The topological polar surface area (TPSA) is 63.6 Å². The average molecular weight is 290 g/mol. The van der Waals surface area contributed by atoms with Gasteiger partial charge in [-0.2, -0.15) is 0 Å². The molecule has 21 heavy (non-hydrogen) atoms. The Morgan fingerprint density at radius 2 is 1.95 bits per heavy atom. The van der Waals surface area contributed by atoms with E-state index >= 15 is 0 Å². The summed E-state index contributed by atoms with van der Waals surface area (Å²) < 4.78 is 5.17. The molecule has 4 nitrogen and oxygen atoms in total. The predicted molar refractivity (Wildman–Crippen MR) is 81.5 cm³/mol. The van der Waals surface area contributed by atoms with Gasteiger partial charge in [0.1, 0.15) is 11.3 Å². The molecule has 0 amide bonds. The number of allylic oxidation sites excluding steroid dienone is 2. The van der Waals surface area contributed by atoms with Gasteiger partial charge in [0.15, 0.2) is 0 Å². The van der Waals surface area contributed by atoms with E-state index in [1.54, 1.807) is 12.1 Å². The highest BCUT2D eigenvalue weighted by Gasteiger charge is 2.15. The van der Waals surface area contributed by atoms with Gasteiger partial charge in [-0.05, 0) is 44.7 Å². The quantitative estimate of drug-likeness (QED) is 0.467. The SMILES string of the molecule is CC(C)=CCC[C@H](C)CC(=O)Oc1ccccc1C(=O)O. The Morgan fingerprint density at radius 1 is 1.29 bits per heavy atom. The summed E-state index contributed by atoms with van der Waals surface area (Å²) in [6.07, 6.45) is 4.26. The molecular formula is C17H22O4. The molecule has 0 fully saturated rings. The highest BCUT2D eigenvalue weighted by molar-refractivity contribution is 5.91. The zero-order valence-corrected chi connectivity index (χ0v) is 12.8. The van der Waals surface area contributed by atoms with Crippen molar-refractivity contribution in [3.63, 3.8) is 0 Å². The van der Waals surface area contributed by atoms with Gasteiger partial charge in [-0.25, -0.2) is 4.79 Å². The van der Waals surface area contributed by atoms with Crippen LogP contribution in [0.1, 0.15) is 50.4 Å². The van der Waals surface area contributed by atoms with E-state index in [1.165, 1.54) is 17.7 Å². The Hall–Kier alpha value is -2.10. The van der Waals surface area contributed by atoms with Crippen LogP contribution >= 0.6 is 0 Å². The van der Waals surface area contributed by atoms with E-state index in [0.29, 0.717) is 0 Å². The molecule has 1 aromatic rings. The molecule has 0 saturated carbocycles. The van der Waals surface area contributed by atoms with Crippen molar-refractivity contribution in [1.29, 1.82) is 0 Å². The van der Waals surface area contributed by atoms with Gasteiger partial charge in [-0.3, -0.25) is 4.79 Å². The summed E-state index contributed by atoms with van der Waals surface area (Å²) in [5, 5.41) is 9.03. The number of para-hydroxylation sites is 1. The first kappa shape index (κ1) is 17.0. The van der Waals surface area contributed by atoms with Crippen molar-refractivity contribution in [3.05, 3.63) is 41.5 Å². The van der Waals surface area contributed by atoms with Crippen molar-refractivity contribution >= 4 is 11.9 Å². The number of carboxylic acids is 1. The molecule has 114 valence electrons. The Balaban J connectivity index is 2.54. The Morgan fingerprint density at radius 3 is 2.57 bits per heavy atom. The summed E-state index contributed by atoms with van der Waals surface area (Å²) in [6.45, 7) is 6.08. The van der Waals surface area contributed by atoms with E-state index in [0.717, 1.165) is 12.8 Å². The minimum Gasteiger partial charge on any atom is -0.478 e. The molecule has 4 heteroatoms. The van der Waals surface area contributed by atoms with Crippen molar-refractivity contribution in [2.45, 2.75) is 40.0 Å². The van der Waals surface area contributed by atoms with Crippen LogP contribution in [-0.2, 0) is 4.79 Å². The van der Waals surface area contributed by atoms with Crippen LogP contribution in [0.3, 0.4) is 0 Å². The minimum absolute atomic E-state index is 0.00282. The largest absolute Gasteiger partial charge is 0.478 e. The first-order chi connectivity index (χ1) is 9.90. The second-order valence-corrected chi connectivity index (χ2v) is 5.44. The number of carboxylic acid groups (broad SMARTS) is 1. The van der Waals surface area contributed by atoms with Gasteiger partial charge in [0.2, 0.25) is 0 Å². The minimum atomic E-state index is -1.10. The normalized spacial score (nSPS) is 11.6. The van der Waals surface area contributed by atoms with Crippen LogP contribution < -0.4 is 4.74 Å². The van der Waals surface area contributed by atoms with Crippen LogP contribution in [-0.4, -0.2) is 17.0 Å². The molecule has 1 aromatic carbocycles. The predicted octanol–water partition coefficient (Wildman–Crippen LogP) is 4.06. The van der Waals surface area contributed by atoms with E-state index < -0.39 is 11.9 Å². The lowest BCUT2D eigenvalue weighted by atomic mass is 10.0. The van der Waals surface area contributed by atoms with Crippen molar-refractivity contribution in [2.75, 3.05) is 0 Å². The fraction of sp³-hybridized carbons (Fsp3) is 0.412. The van der Waals surface area contributed by atoms with Crippen molar-refractivity contribution in [3.8, 4) is 5.75 Å². The van der Waals surface area contributed by atoms with Crippen LogP contribution in [0.25, 0.3) is 0 Å².